The molecule has 0 bridgehead atoms. The minimum Gasteiger partial charge on any atom is -0.491 e. The molecule has 3 rings (SSSR count). The van der Waals surface area contributed by atoms with Gasteiger partial charge in [0.05, 0.1) is 12.5 Å². The molecule has 0 spiro atoms. The Bertz CT molecular complexity index is 976. The summed E-state index contributed by atoms with van der Waals surface area (Å²) >= 11 is 0. The van der Waals surface area contributed by atoms with Gasteiger partial charge in [-0.25, -0.2) is 4.39 Å². The van der Waals surface area contributed by atoms with Gasteiger partial charge in [-0.1, -0.05) is 72.8 Å². The molecule has 0 N–H and O–H groups in total. The number of hydrogen-bond acceptors (Lipinski definition) is 1. The summed E-state index contributed by atoms with van der Waals surface area (Å²) in [6, 6.07) is 19.5. The van der Waals surface area contributed by atoms with E-state index >= 15 is 0 Å². The van der Waals surface area contributed by atoms with Gasteiger partial charge in [0.25, 0.3) is 0 Å². The summed E-state index contributed by atoms with van der Waals surface area (Å²) in [7, 11) is 0. The van der Waals surface area contributed by atoms with Gasteiger partial charge in [0.1, 0.15) is 0 Å². The topological polar surface area (TPSA) is 9.23 Å². The van der Waals surface area contributed by atoms with Gasteiger partial charge in [-0.2, -0.15) is 13.2 Å². The van der Waals surface area contributed by atoms with Crippen LogP contribution < -0.4 is 4.74 Å². The Labute approximate surface area is 173 Å². The van der Waals surface area contributed by atoms with E-state index in [1.54, 1.807) is 73.7 Å². The summed E-state index contributed by atoms with van der Waals surface area (Å²) in [5, 5.41) is 0. The van der Waals surface area contributed by atoms with E-state index in [2.05, 4.69) is 0 Å². The summed E-state index contributed by atoms with van der Waals surface area (Å²) in [5.41, 5.74) is 2.34. The second kappa shape index (κ2) is 9.61. The number of hydrogen-bond donors (Lipinski definition) is 0. The minimum atomic E-state index is -4.32. The van der Waals surface area contributed by atoms with Gasteiger partial charge in [0, 0.05) is 0 Å². The molecule has 1 atom stereocenters. The number of rotatable bonds is 7. The average molecular weight is 414 g/mol. The van der Waals surface area contributed by atoms with E-state index in [0.29, 0.717) is 17.7 Å². The third kappa shape index (κ3) is 5.72. The van der Waals surface area contributed by atoms with Gasteiger partial charge >= 0.3 is 6.18 Å². The van der Waals surface area contributed by atoms with Crippen LogP contribution in [-0.4, -0.2) is 12.8 Å². The molecule has 0 radical (unpaired) electrons. The predicted octanol–water partition coefficient (Wildman–Crippen LogP) is 7.28. The molecule has 5 heteroatoms. The lowest BCUT2D eigenvalue weighted by Crippen LogP contribution is -2.22. The maximum absolute atomic E-state index is 13.9. The molecule has 0 saturated carbocycles. The first-order valence-corrected chi connectivity index (χ1v) is 9.68. The fourth-order valence-electron chi connectivity index (χ4n) is 3.19. The predicted molar refractivity (Wildman–Crippen MR) is 112 cm³/mol. The number of halogens is 4. The van der Waals surface area contributed by atoms with Crippen LogP contribution in [0.2, 0.25) is 0 Å². The average Bonchev–Trinajstić information content (AvgIpc) is 2.73. The zero-order chi connectivity index (χ0) is 21.6. The molecule has 30 heavy (non-hydrogen) atoms. The summed E-state index contributed by atoms with van der Waals surface area (Å²) < 4.78 is 59.7. The Kier molecular flexibility index (Phi) is 6.93. The van der Waals surface area contributed by atoms with Crippen molar-refractivity contribution >= 4 is 12.2 Å². The smallest absolute Gasteiger partial charge is 0.396 e. The second-order valence-corrected chi connectivity index (χ2v) is 6.91. The van der Waals surface area contributed by atoms with Crippen LogP contribution in [0.15, 0.2) is 72.8 Å². The van der Waals surface area contributed by atoms with Crippen molar-refractivity contribution in [1.82, 2.24) is 0 Å². The highest BCUT2D eigenvalue weighted by atomic mass is 19.4. The zero-order valence-corrected chi connectivity index (χ0v) is 16.5. The molecule has 1 nitrogen and oxygen atoms in total. The monoisotopic (exact) mass is 414 g/mol. The van der Waals surface area contributed by atoms with Crippen LogP contribution in [0, 0.1) is 5.82 Å². The highest BCUT2D eigenvalue weighted by Gasteiger charge is 2.40. The van der Waals surface area contributed by atoms with Crippen molar-refractivity contribution in [2.75, 3.05) is 6.61 Å². The Morgan fingerprint density at radius 3 is 2.10 bits per heavy atom. The Balaban J connectivity index is 1.71. The third-order valence-corrected chi connectivity index (χ3v) is 4.74. The molecule has 3 aromatic rings. The van der Waals surface area contributed by atoms with Crippen LogP contribution in [0.1, 0.15) is 35.1 Å². The molecule has 1 unspecified atom stereocenters. The molecule has 156 valence electrons. The largest absolute Gasteiger partial charge is 0.491 e. The number of alkyl halides is 3. The van der Waals surface area contributed by atoms with Crippen LogP contribution in [0.3, 0.4) is 0 Å². The van der Waals surface area contributed by atoms with Gasteiger partial charge in [-0.05, 0) is 47.7 Å². The Hall–Kier alpha value is -3.08. The van der Waals surface area contributed by atoms with Gasteiger partial charge in [-0.3, -0.25) is 0 Å². The Morgan fingerprint density at radius 1 is 0.867 bits per heavy atom. The summed E-state index contributed by atoms with van der Waals surface area (Å²) in [5.74, 6) is -1.78. The summed E-state index contributed by atoms with van der Waals surface area (Å²) in [4.78, 5) is 0. The number of benzene rings is 3. The lowest BCUT2D eigenvalue weighted by atomic mass is 9.91. The molecule has 3 aromatic carbocycles. The second-order valence-electron chi connectivity index (χ2n) is 6.91. The van der Waals surface area contributed by atoms with E-state index in [4.69, 9.17) is 4.74 Å². The van der Waals surface area contributed by atoms with Crippen molar-refractivity contribution in [3.63, 3.8) is 0 Å². The molecule has 0 amide bonds. The molecule has 0 aliphatic carbocycles. The minimum absolute atomic E-state index is 0.123. The van der Waals surface area contributed by atoms with E-state index < -0.39 is 17.9 Å². The van der Waals surface area contributed by atoms with Crippen molar-refractivity contribution < 1.29 is 22.3 Å². The standard InChI is InChI=1S/C25H22F4O/c1-2-30-24-15-14-20(17-23(24)26)13-10-18-8-11-19(12-9-18)16-22(25(27,28)29)21-6-4-3-5-7-21/h3-15,17,22H,2,16H2,1H3/b13-10+. The molecule has 0 saturated heterocycles. The fraction of sp³-hybridized carbons (Fsp3) is 0.200. The molecule has 0 fully saturated rings. The van der Waals surface area contributed by atoms with E-state index in [1.807, 2.05) is 0 Å². The molecular formula is C25H22F4O. The molecule has 0 heterocycles. The van der Waals surface area contributed by atoms with Crippen molar-refractivity contribution in [1.29, 1.82) is 0 Å². The molecular weight excluding hydrogens is 392 g/mol. The van der Waals surface area contributed by atoms with E-state index in [1.165, 1.54) is 18.2 Å². The van der Waals surface area contributed by atoms with Crippen LogP contribution in [-0.2, 0) is 6.42 Å². The maximum atomic E-state index is 13.9. The molecule has 0 aliphatic rings. The molecule has 0 aromatic heterocycles. The van der Waals surface area contributed by atoms with Gasteiger partial charge in [0.2, 0.25) is 0 Å². The van der Waals surface area contributed by atoms with Gasteiger partial charge in [0.15, 0.2) is 11.6 Å². The first kappa shape index (κ1) is 21.6. The quantitative estimate of drug-likeness (QED) is 0.291. The van der Waals surface area contributed by atoms with E-state index in [9.17, 15) is 17.6 Å². The SMILES string of the molecule is CCOc1ccc(/C=C/c2ccc(CC(c3ccccc3)C(F)(F)F)cc2)cc1F. The maximum Gasteiger partial charge on any atom is 0.396 e. The van der Waals surface area contributed by atoms with Crippen molar-refractivity contribution in [3.05, 3.63) is 101 Å². The van der Waals surface area contributed by atoms with Crippen LogP contribution in [0.4, 0.5) is 17.6 Å². The van der Waals surface area contributed by atoms with Crippen LogP contribution in [0.25, 0.3) is 12.2 Å². The lowest BCUT2D eigenvalue weighted by Gasteiger charge is -2.21. The Morgan fingerprint density at radius 2 is 1.50 bits per heavy atom. The van der Waals surface area contributed by atoms with Gasteiger partial charge < -0.3 is 4.74 Å². The summed E-state index contributed by atoms with van der Waals surface area (Å²) in [6.07, 6.45) is -0.910. The zero-order valence-electron chi connectivity index (χ0n) is 16.5. The van der Waals surface area contributed by atoms with Crippen molar-refractivity contribution in [2.24, 2.45) is 0 Å². The fourth-order valence-corrected chi connectivity index (χ4v) is 3.19. The first-order valence-electron chi connectivity index (χ1n) is 9.68. The first-order chi connectivity index (χ1) is 14.4. The highest BCUT2D eigenvalue weighted by molar-refractivity contribution is 5.70. The summed E-state index contributed by atoms with van der Waals surface area (Å²) in [6.45, 7) is 2.17. The van der Waals surface area contributed by atoms with Crippen LogP contribution >= 0.6 is 0 Å². The van der Waals surface area contributed by atoms with Crippen molar-refractivity contribution in [2.45, 2.75) is 25.4 Å². The van der Waals surface area contributed by atoms with E-state index in [0.717, 1.165) is 5.56 Å². The van der Waals surface area contributed by atoms with Crippen LogP contribution in [0.5, 0.6) is 5.75 Å². The number of ether oxygens (including phenoxy) is 1. The lowest BCUT2D eigenvalue weighted by molar-refractivity contribution is -0.150. The van der Waals surface area contributed by atoms with Gasteiger partial charge in [-0.15, -0.1) is 0 Å². The normalized spacial score (nSPS) is 12.8. The van der Waals surface area contributed by atoms with E-state index in [-0.39, 0.29) is 17.7 Å². The molecule has 0 aliphatic heterocycles. The third-order valence-electron chi connectivity index (χ3n) is 4.74. The highest BCUT2D eigenvalue weighted by Crippen LogP contribution is 2.37. The van der Waals surface area contributed by atoms with Crippen molar-refractivity contribution in [3.8, 4) is 5.75 Å².